The van der Waals surface area contributed by atoms with Gasteiger partial charge in [0.1, 0.15) is 11.5 Å². The number of carbonyl (C=O) groups is 1. The highest BCUT2D eigenvalue weighted by atomic mass is 16.5. The van der Waals surface area contributed by atoms with Crippen molar-refractivity contribution in [3.05, 3.63) is 54.2 Å². The monoisotopic (exact) mass is 309 g/mol. The fourth-order valence-electron chi connectivity index (χ4n) is 2.25. The quantitative estimate of drug-likeness (QED) is 0.754. The number of aromatic amines is 1. The lowest BCUT2D eigenvalue weighted by atomic mass is 10.1. The molecule has 2 N–H and O–H groups in total. The van der Waals surface area contributed by atoms with Crippen molar-refractivity contribution in [1.82, 2.24) is 15.5 Å². The van der Waals surface area contributed by atoms with Gasteiger partial charge in [0.05, 0.1) is 17.3 Å². The van der Waals surface area contributed by atoms with Gasteiger partial charge in [0.25, 0.3) is 5.91 Å². The zero-order chi connectivity index (χ0) is 16.2. The average molecular weight is 309 g/mol. The van der Waals surface area contributed by atoms with Crippen LogP contribution in [0.3, 0.4) is 0 Å². The Bertz CT molecular complexity index is 824. The minimum atomic E-state index is -0.126. The number of fused-ring (bicyclic) bond motifs is 1. The molecule has 0 bridgehead atoms. The molecule has 0 radical (unpaired) electrons. The third kappa shape index (κ3) is 3.51. The van der Waals surface area contributed by atoms with E-state index in [1.165, 1.54) is 0 Å². The summed E-state index contributed by atoms with van der Waals surface area (Å²) in [6, 6.07) is 12.9. The summed E-state index contributed by atoms with van der Waals surface area (Å²) in [5.41, 5.74) is 1.47. The average Bonchev–Trinajstić information content (AvgIpc) is 3.01. The molecule has 0 fully saturated rings. The van der Waals surface area contributed by atoms with Crippen molar-refractivity contribution >= 4 is 16.8 Å². The van der Waals surface area contributed by atoms with Gasteiger partial charge in [-0.2, -0.15) is 5.10 Å². The molecule has 5 heteroatoms. The highest BCUT2D eigenvalue weighted by molar-refractivity contribution is 5.97. The van der Waals surface area contributed by atoms with E-state index in [4.69, 9.17) is 4.74 Å². The van der Waals surface area contributed by atoms with Gasteiger partial charge in [-0.15, -0.1) is 0 Å². The summed E-state index contributed by atoms with van der Waals surface area (Å²) in [5, 5.41) is 10.8. The molecule has 0 atom stereocenters. The van der Waals surface area contributed by atoms with Gasteiger partial charge in [0.2, 0.25) is 0 Å². The molecule has 23 heavy (non-hydrogen) atoms. The molecule has 3 rings (SSSR count). The molecule has 5 nitrogen and oxygen atoms in total. The van der Waals surface area contributed by atoms with Crippen molar-refractivity contribution in [2.24, 2.45) is 5.92 Å². The van der Waals surface area contributed by atoms with Crippen molar-refractivity contribution in [3.8, 4) is 11.5 Å². The van der Waals surface area contributed by atoms with Crippen molar-refractivity contribution in [2.75, 3.05) is 6.54 Å². The smallest absolute Gasteiger partial charge is 0.255 e. The highest BCUT2D eigenvalue weighted by Gasteiger charge is 2.13. The predicted molar refractivity (Wildman–Crippen MR) is 89.8 cm³/mol. The summed E-state index contributed by atoms with van der Waals surface area (Å²) in [5.74, 6) is 1.48. The second-order valence-corrected chi connectivity index (χ2v) is 5.82. The van der Waals surface area contributed by atoms with Gasteiger partial charge in [0, 0.05) is 11.9 Å². The van der Waals surface area contributed by atoms with Crippen LogP contribution in [0.25, 0.3) is 10.9 Å². The third-order valence-corrected chi connectivity index (χ3v) is 3.44. The number of H-pyrrole nitrogens is 1. The number of nitrogens with zero attached hydrogens (tertiary/aromatic N) is 1. The molecular weight excluding hydrogens is 290 g/mol. The lowest BCUT2D eigenvalue weighted by molar-refractivity contribution is 0.0946. The molecule has 3 aromatic rings. The number of rotatable bonds is 5. The van der Waals surface area contributed by atoms with Crippen LogP contribution in [-0.4, -0.2) is 22.6 Å². The van der Waals surface area contributed by atoms with E-state index in [0.29, 0.717) is 29.5 Å². The van der Waals surface area contributed by atoms with E-state index < -0.39 is 0 Å². The molecule has 1 aromatic heterocycles. The first kappa shape index (κ1) is 15.1. The zero-order valence-corrected chi connectivity index (χ0v) is 13.2. The molecule has 0 saturated heterocycles. The molecule has 2 aromatic carbocycles. The molecule has 0 unspecified atom stereocenters. The standard InChI is InChI=1S/C18H19N3O2/c1-12(2)10-19-18(22)15-5-3-4-6-17(15)23-14-7-8-16-13(9-14)11-20-21-16/h3-9,11-12H,10H2,1-2H3,(H,19,22)(H,20,21). The number of para-hydroxylation sites is 1. The molecule has 1 amide bonds. The molecular formula is C18H19N3O2. The number of hydrogen-bond acceptors (Lipinski definition) is 3. The maximum absolute atomic E-state index is 12.3. The van der Waals surface area contributed by atoms with Crippen LogP contribution in [0.1, 0.15) is 24.2 Å². The number of aromatic nitrogens is 2. The van der Waals surface area contributed by atoms with Gasteiger partial charge in [-0.05, 0) is 36.2 Å². The van der Waals surface area contributed by atoms with Crippen LogP contribution in [0.2, 0.25) is 0 Å². The van der Waals surface area contributed by atoms with Crippen LogP contribution in [0, 0.1) is 5.92 Å². The molecule has 1 heterocycles. The lowest BCUT2D eigenvalue weighted by Crippen LogP contribution is -2.27. The van der Waals surface area contributed by atoms with Crippen molar-refractivity contribution in [2.45, 2.75) is 13.8 Å². The van der Waals surface area contributed by atoms with Crippen molar-refractivity contribution < 1.29 is 9.53 Å². The maximum Gasteiger partial charge on any atom is 0.255 e. The molecule has 118 valence electrons. The second-order valence-electron chi connectivity index (χ2n) is 5.82. The maximum atomic E-state index is 12.3. The first-order chi connectivity index (χ1) is 11.1. The minimum absolute atomic E-state index is 0.126. The number of nitrogens with one attached hydrogen (secondary N) is 2. The van der Waals surface area contributed by atoms with E-state index >= 15 is 0 Å². The van der Waals surface area contributed by atoms with Crippen LogP contribution in [0.5, 0.6) is 11.5 Å². The molecule has 0 aliphatic carbocycles. The van der Waals surface area contributed by atoms with E-state index in [1.807, 2.05) is 30.3 Å². The minimum Gasteiger partial charge on any atom is -0.457 e. The lowest BCUT2D eigenvalue weighted by Gasteiger charge is -2.12. The second kappa shape index (κ2) is 6.52. The summed E-state index contributed by atoms with van der Waals surface area (Å²) in [7, 11) is 0. The fraction of sp³-hybridized carbons (Fsp3) is 0.222. The Labute approximate surface area is 134 Å². The van der Waals surface area contributed by atoms with Crippen molar-refractivity contribution in [3.63, 3.8) is 0 Å². The molecule has 0 spiro atoms. The SMILES string of the molecule is CC(C)CNC(=O)c1ccccc1Oc1ccc2[nH]ncc2c1. The molecule has 0 aliphatic rings. The predicted octanol–water partition coefficient (Wildman–Crippen LogP) is 3.74. The number of ether oxygens (including phenoxy) is 1. The van der Waals surface area contributed by atoms with Gasteiger partial charge >= 0.3 is 0 Å². The summed E-state index contributed by atoms with van der Waals surface area (Å²) in [4.78, 5) is 12.3. The van der Waals surface area contributed by atoms with Crippen LogP contribution in [-0.2, 0) is 0 Å². The Hall–Kier alpha value is -2.82. The Morgan fingerprint density at radius 1 is 1.26 bits per heavy atom. The van der Waals surface area contributed by atoms with Crippen LogP contribution >= 0.6 is 0 Å². The van der Waals surface area contributed by atoms with E-state index in [-0.39, 0.29) is 5.91 Å². The summed E-state index contributed by atoms with van der Waals surface area (Å²) in [6.07, 6.45) is 1.74. The van der Waals surface area contributed by atoms with Gasteiger partial charge < -0.3 is 10.1 Å². The van der Waals surface area contributed by atoms with Gasteiger partial charge in [-0.25, -0.2) is 0 Å². The Kier molecular flexibility index (Phi) is 4.28. The van der Waals surface area contributed by atoms with Crippen LogP contribution < -0.4 is 10.1 Å². The van der Waals surface area contributed by atoms with E-state index in [0.717, 1.165) is 10.9 Å². The van der Waals surface area contributed by atoms with Gasteiger partial charge in [-0.3, -0.25) is 9.89 Å². The number of carbonyl (C=O) groups excluding carboxylic acids is 1. The first-order valence-corrected chi connectivity index (χ1v) is 7.61. The summed E-state index contributed by atoms with van der Waals surface area (Å²) >= 11 is 0. The first-order valence-electron chi connectivity index (χ1n) is 7.61. The number of hydrogen-bond donors (Lipinski definition) is 2. The summed E-state index contributed by atoms with van der Waals surface area (Å²) < 4.78 is 5.91. The largest absolute Gasteiger partial charge is 0.457 e. The number of benzene rings is 2. The Balaban J connectivity index is 1.83. The third-order valence-electron chi connectivity index (χ3n) is 3.44. The van der Waals surface area contributed by atoms with Crippen molar-refractivity contribution in [1.29, 1.82) is 0 Å². The fourth-order valence-corrected chi connectivity index (χ4v) is 2.25. The summed E-state index contributed by atoms with van der Waals surface area (Å²) in [6.45, 7) is 4.75. The molecule has 0 saturated carbocycles. The van der Waals surface area contributed by atoms with Crippen LogP contribution in [0.4, 0.5) is 0 Å². The van der Waals surface area contributed by atoms with E-state index in [9.17, 15) is 4.79 Å². The van der Waals surface area contributed by atoms with E-state index in [1.54, 1.807) is 18.3 Å². The van der Waals surface area contributed by atoms with Gasteiger partial charge in [-0.1, -0.05) is 26.0 Å². The molecule has 0 aliphatic heterocycles. The Morgan fingerprint density at radius 3 is 2.91 bits per heavy atom. The van der Waals surface area contributed by atoms with Gasteiger partial charge in [0.15, 0.2) is 0 Å². The Morgan fingerprint density at radius 2 is 2.09 bits per heavy atom. The normalized spacial score (nSPS) is 10.9. The zero-order valence-electron chi connectivity index (χ0n) is 13.2. The topological polar surface area (TPSA) is 67.0 Å². The highest BCUT2D eigenvalue weighted by Crippen LogP contribution is 2.27. The van der Waals surface area contributed by atoms with Crippen LogP contribution in [0.15, 0.2) is 48.7 Å². The number of amides is 1. The van der Waals surface area contributed by atoms with E-state index in [2.05, 4.69) is 29.4 Å².